The molecule has 0 bridgehead atoms. The number of anilines is 1. The van der Waals surface area contributed by atoms with Gasteiger partial charge in [-0.2, -0.15) is 0 Å². The van der Waals surface area contributed by atoms with Gasteiger partial charge in [0.05, 0.1) is 25.5 Å². The van der Waals surface area contributed by atoms with E-state index in [2.05, 4.69) is 5.32 Å². The number of carbonyl (C=O) groups excluding carboxylic acids is 1. The van der Waals surface area contributed by atoms with Crippen LogP contribution in [0, 0.1) is 13.8 Å². The summed E-state index contributed by atoms with van der Waals surface area (Å²) >= 11 is 0. The molecule has 26 heavy (non-hydrogen) atoms. The molecule has 2 aromatic carbocycles. The lowest BCUT2D eigenvalue weighted by Gasteiger charge is -2.14. The fourth-order valence-electron chi connectivity index (χ4n) is 2.49. The quantitative estimate of drug-likeness (QED) is 0.801. The normalized spacial score (nSPS) is 11.1. The molecule has 1 amide bonds. The topological polar surface area (TPSA) is 108 Å². The number of rotatable bonds is 6. The molecule has 0 heterocycles. The summed E-state index contributed by atoms with van der Waals surface area (Å²) in [5.74, 6) is 0.853. The van der Waals surface area contributed by atoms with Gasteiger partial charge < -0.3 is 14.8 Å². The zero-order chi connectivity index (χ0) is 19.5. The number of carbonyl (C=O) groups is 1. The molecule has 0 spiro atoms. The Bertz CT molecular complexity index is 939. The second-order valence-corrected chi connectivity index (χ2v) is 7.42. The predicted molar refractivity (Wildman–Crippen MR) is 99.2 cm³/mol. The Hall–Kier alpha value is -2.58. The third-order valence-electron chi connectivity index (χ3n) is 4.09. The van der Waals surface area contributed by atoms with E-state index in [-0.39, 0.29) is 17.2 Å². The van der Waals surface area contributed by atoms with Crippen molar-refractivity contribution in [2.75, 3.05) is 19.5 Å². The molecule has 0 fully saturated rings. The number of nitrogens with one attached hydrogen (secondary N) is 1. The van der Waals surface area contributed by atoms with Crippen molar-refractivity contribution in [2.24, 2.45) is 5.14 Å². The number of primary sulfonamides is 1. The molecule has 0 aliphatic carbocycles. The highest BCUT2D eigenvalue weighted by atomic mass is 32.2. The standard InChI is InChI=1S/C18H22N2O5S/c1-11-7-15(26(19,22)23)10-16(12(11)2)20-18(21)8-13-5-6-14(24-3)9-17(13)25-4/h5-7,9-10H,8H2,1-4H3,(H,20,21)(H2,19,22,23). The maximum absolute atomic E-state index is 12.5. The second kappa shape index (κ2) is 7.76. The van der Waals surface area contributed by atoms with Crippen molar-refractivity contribution in [3.05, 3.63) is 47.0 Å². The lowest BCUT2D eigenvalue weighted by atomic mass is 10.1. The molecule has 0 atom stereocenters. The SMILES string of the molecule is COc1ccc(CC(=O)Nc2cc(S(N)(=O)=O)cc(C)c2C)c(OC)c1. The van der Waals surface area contributed by atoms with Crippen LogP contribution in [0.2, 0.25) is 0 Å². The van der Waals surface area contributed by atoms with Gasteiger partial charge in [-0.15, -0.1) is 0 Å². The summed E-state index contributed by atoms with van der Waals surface area (Å²) in [5, 5.41) is 7.94. The first-order valence-corrected chi connectivity index (χ1v) is 9.35. The molecular weight excluding hydrogens is 356 g/mol. The van der Waals surface area contributed by atoms with E-state index >= 15 is 0 Å². The van der Waals surface area contributed by atoms with Crippen LogP contribution < -0.4 is 19.9 Å². The lowest BCUT2D eigenvalue weighted by molar-refractivity contribution is -0.115. The molecule has 8 heteroatoms. The minimum Gasteiger partial charge on any atom is -0.497 e. The summed E-state index contributed by atoms with van der Waals surface area (Å²) in [6, 6.07) is 8.02. The van der Waals surface area contributed by atoms with Gasteiger partial charge in [-0.25, -0.2) is 13.6 Å². The summed E-state index contributed by atoms with van der Waals surface area (Å²) in [6.45, 7) is 3.55. The Labute approximate surface area is 153 Å². The molecule has 0 radical (unpaired) electrons. The van der Waals surface area contributed by atoms with E-state index in [1.54, 1.807) is 39.2 Å². The minimum absolute atomic E-state index is 0.0436. The molecule has 0 saturated heterocycles. The first kappa shape index (κ1) is 19.7. The predicted octanol–water partition coefficient (Wildman–Crippen LogP) is 2.15. The molecule has 0 unspecified atom stereocenters. The van der Waals surface area contributed by atoms with Gasteiger partial charge in [-0.3, -0.25) is 4.79 Å². The number of hydrogen-bond donors (Lipinski definition) is 2. The van der Waals surface area contributed by atoms with Crippen LogP contribution in [-0.4, -0.2) is 28.5 Å². The molecule has 0 aliphatic heterocycles. The molecule has 2 rings (SSSR count). The fraction of sp³-hybridized carbons (Fsp3) is 0.278. The molecule has 0 aliphatic rings. The van der Waals surface area contributed by atoms with Crippen molar-refractivity contribution in [3.63, 3.8) is 0 Å². The van der Waals surface area contributed by atoms with Crippen LogP contribution in [-0.2, 0) is 21.2 Å². The molecule has 3 N–H and O–H groups in total. The van der Waals surface area contributed by atoms with Crippen molar-refractivity contribution >= 4 is 21.6 Å². The van der Waals surface area contributed by atoms with E-state index in [0.29, 0.717) is 28.3 Å². The number of sulfonamides is 1. The first-order chi connectivity index (χ1) is 12.2. The first-order valence-electron chi connectivity index (χ1n) is 7.80. The van der Waals surface area contributed by atoms with Crippen molar-refractivity contribution in [1.29, 1.82) is 0 Å². The van der Waals surface area contributed by atoms with Crippen molar-refractivity contribution in [3.8, 4) is 11.5 Å². The highest BCUT2D eigenvalue weighted by molar-refractivity contribution is 7.89. The van der Waals surface area contributed by atoms with Gasteiger partial charge in [0.25, 0.3) is 0 Å². The van der Waals surface area contributed by atoms with E-state index in [1.807, 2.05) is 0 Å². The molecule has 0 saturated carbocycles. The number of hydrogen-bond acceptors (Lipinski definition) is 5. The van der Waals surface area contributed by atoms with Crippen LogP contribution in [0.4, 0.5) is 5.69 Å². The van der Waals surface area contributed by atoms with E-state index in [9.17, 15) is 13.2 Å². The van der Waals surface area contributed by atoms with E-state index in [0.717, 1.165) is 5.56 Å². The lowest BCUT2D eigenvalue weighted by Crippen LogP contribution is -2.18. The van der Waals surface area contributed by atoms with E-state index in [4.69, 9.17) is 14.6 Å². The Morgan fingerprint density at radius 3 is 2.38 bits per heavy atom. The highest BCUT2D eigenvalue weighted by Crippen LogP contribution is 2.27. The summed E-state index contributed by atoms with van der Waals surface area (Å²) in [5.41, 5.74) is 2.58. The van der Waals surface area contributed by atoms with Crippen LogP contribution in [0.15, 0.2) is 35.2 Å². The van der Waals surface area contributed by atoms with Crippen molar-refractivity contribution in [2.45, 2.75) is 25.2 Å². The van der Waals surface area contributed by atoms with E-state index in [1.165, 1.54) is 19.2 Å². The number of methoxy groups -OCH3 is 2. The molecule has 0 aromatic heterocycles. The zero-order valence-corrected chi connectivity index (χ0v) is 15.9. The van der Waals surface area contributed by atoms with Crippen LogP contribution in [0.5, 0.6) is 11.5 Å². The third kappa shape index (κ3) is 4.53. The number of nitrogens with two attached hydrogens (primary N) is 1. The largest absolute Gasteiger partial charge is 0.497 e. The smallest absolute Gasteiger partial charge is 0.238 e. The highest BCUT2D eigenvalue weighted by Gasteiger charge is 2.15. The summed E-state index contributed by atoms with van der Waals surface area (Å²) < 4.78 is 33.6. The van der Waals surface area contributed by atoms with Gasteiger partial charge >= 0.3 is 0 Å². The maximum Gasteiger partial charge on any atom is 0.238 e. The molecule has 140 valence electrons. The van der Waals surface area contributed by atoms with E-state index < -0.39 is 10.0 Å². The summed E-state index contributed by atoms with van der Waals surface area (Å²) in [4.78, 5) is 12.4. The van der Waals surface area contributed by atoms with Crippen molar-refractivity contribution in [1.82, 2.24) is 0 Å². The summed E-state index contributed by atoms with van der Waals surface area (Å²) in [7, 11) is -0.803. The van der Waals surface area contributed by atoms with Gasteiger partial charge in [-0.1, -0.05) is 6.07 Å². The van der Waals surface area contributed by atoms with Crippen LogP contribution >= 0.6 is 0 Å². The van der Waals surface area contributed by atoms with Crippen LogP contribution in [0.1, 0.15) is 16.7 Å². The molecule has 7 nitrogen and oxygen atoms in total. The Balaban J connectivity index is 2.27. The maximum atomic E-state index is 12.5. The average Bonchev–Trinajstić information content (AvgIpc) is 2.58. The molecule has 2 aromatic rings. The van der Waals surface area contributed by atoms with Crippen molar-refractivity contribution < 1.29 is 22.7 Å². The van der Waals surface area contributed by atoms with Gasteiger partial charge in [0.15, 0.2) is 0 Å². The Morgan fingerprint density at radius 2 is 1.81 bits per heavy atom. The van der Waals surface area contributed by atoms with Crippen LogP contribution in [0.25, 0.3) is 0 Å². The number of benzene rings is 2. The zero-order valence-electron chi connectivity index (χ0n) is 15.1. The summed E-state index contributed by atoms with van der Waals surface area (Å²) in [6.07, 6.45) is 0.0608. The second-order valence-electron chi connectivity index (χ2n) is 5.86. The average molecular weight is 378 g/mol. The monoisotopic (exact) mass is 378 g/mol. The van der Waals surface area contributed by atoms with Gasteiger partial charge in [-0.05, 0) is 43.2 Å². The minimum atomic E-state index is -3.86. The Kier molecular flexibility index (Phi) is 5.89. The number of amides is 1. The van der Waals surface area contributed by atoms with Crippen LogP contribution in [0.3, 0.4) is 0 Å². The van der Waals surface area contributed by atoms with Gasteiger partial charge in [0.1, 0.15) is 11.5 Å². The number of ether oxygens (including phenoxy) is 2. The van der Waals surface area contributed by atoms with Gasteiger partial charge in [0, 0.05) is 17.3 Å². The third-order valence-corrected chi connectivity index (χ3v) is 4.98. The Morgan fingerprint density at radius 1 is 1.12 bits per heavy atom. The molecular formula is C18H22N2O5S. The fourth-order valence-corrected chi connectivity index (χ4v) is 3.11. The van der Waals surface area contributed by atoms with Gasteiger partial charge in [0.2, 0.25) is 15.9 Å². The number of aryl methyl sites for hydroxylation is 1.